The third kappa shape index (κ3) is 2.61. The van der Waals surface area contributed by atoms with Crippen LogP contribution >= 0.6 is 0 Å². The molecule has 16 heavy (non-hydrogen) atoms. The van der Waals surface area contributed by atoms with Gasteiger partial charge in [0.2, 0.25) is 0 Å². The van der Waals surface area contributed by atoms with Gasteiger partial charge in [0.25, 0.3) is 0 Å². The first-order valence-corrected chi connectivity index (χ1v) is 5.69. The smallest absolute Gasteiger partial charge is 0.148 e. The molecule has 1 aromatic rings. The summed E-state index contributed by atoms with van der Waals surface area (Å²) >= 11 is 0. The second-order valence-corrected chi connectivity index (χ2v) is 3.85. The summed E-state index contributed by atoms with van der Waals surface area (Å²) in [5.41, 5.74) is 3.63. The number of nitrogens with one attached hydrogen (secondary N) is 1. The van der Waals surface area contributed by atoms with Gasteiger partial charge in [-0.3, -0.25) is 0 Å². The van der Waals surface area contributed by atoms with E-state index in [1.807, 2.05) is 14.0 Å². The zero-order chi connectivity index (χ0) is 12.1. The summed E-state index contributed by atoms with van der Waals surface area (Å²) in [7, 11) is 2.02. The van der Waals surface area contributed by atoms with Gasteiger partial charge in [-0.1, -0.05) is 6.92 Å². The first-order chi connectivity index (χ1) is 7.63. The number of hydrogen-bond donors (Lipinski definition) is 2. The third-order valence-electron chi connectivity index (χ3n) is 2.61. The Morgan fingerprint density at radius 3 is 2.50 bits per heavy atom. The molecule has 0 saturated heterocycles. The average Bonchev–Trinajstić information content (AvgIpc) is 2.30. The molecule has 0 aliphatic rings. The van der Waals surface area contributed by atoms with Gasteiger partial charge in [-0.15, -0.1) is 0 Å². The molecule has 0 atom stereocenters. The van der Waals surface area contributed by atoms with Crippen LogP contribution in [0.3, 0.4) is 0 Å². The number of hydrazine groups is 1. The Morgan fingerprint density at radius 2 is 2.00 bits per heavy atom. The van der Waals surface area contributed by atoms with Crippen molar-refractivity contribution >= 4 is 11.6 Å². The molecule has 0 fully saturated rings. The largest absolute Gasteiger partial charge is 0.360 e. The molecule has 0 spiro atoms. The second kappa shape index (κ2) is 5.65. The van der Waals surface area contributed by atoms with Gasteiger partial charge in [-0.2, -0.15) is 0 Å². The van der Waals surface area contributed by atoms with Crippen LogP contribution in [0.4, 0.5) is 11.6 Å². The van der Waals surface area contributed by atoms with Crippen LogP contribution in [0.1, 0.15) is 31.7 Å². The molecule has 5 nitrogen and oxygen atoms in total. The molecule has 0 radical (unpaired) electrons. The summed E-state index contributed by atoms with van der Waals surface area (Å²) in [5, 5.41) is 0. The number of nitrogen functional groups attached to an aromatic ring is 1. The Balaban J connectivity index is 3.18. The third-order valence-corrected chi connectivity index (χ3v) is 2.61. The van der Waals surface area contributed by atoms with Crippen LogP contribution in [0.15, 0.2) is 0 Å². The van der Waals surface area contributed by atoms with Crippen LogP contribution in [0, 0.1) is 6.92 Å². The minimum absolute atomic E-state index is 0.716. The second-order valence-electron chi connectivity index (χ2n) is 3.85. The molecule has 0 amide bonds. The molecule has 0 bridgehead atoms. The quantitative estimate of drug-likeness (QED) is 0.584. The van der Waals surface area contributed by atoms with Crippen molar-refractivity contribution in [1.29, 1.82) is 0 Å². The van der Waals surface area contributed by atoms with E-state index in [1.165, 1.54) is 0 Å². The maximum atomic E-state index is 5.47. The number of nitrogens with zero attached hydrogens (tertiary/aromatic N) is 3. The molecule has 90 valence electrons. The molecule has 0 aromatic carbocycles. The normalized spacial score (nSPS) is 10.3. The van der Waals surface area contributed by atoms with Crippen molar-refractivity contribution in [3.63, 3.8) is 0 Å². The molecule has 0 saturated carbocycles. The number of aromatic nitrogens is 2. The van der Waals surface area contributed by atoms with Gasteiger partial charge >= 0.3 is 0 Å². The summed E-state index contributed by atoms with van der Waals surface area (Å²) in [6, 6.07) is 0. The predicted octanol–water partition coefficient (Wildman–Crippen LogP) is 1.48. The maximum Gasteiger partial charge on any atom is 0.148 e. The number of anilines is 2. The van der Waals surface area contributed by atoms with Crippen LogP contribution in [0.2, 0.25) is 0 Å². The fraction of sp³-hybridized carbons (Fsp3) is 0.636. The lowest BCUT2D eigenvalue weighted by atomic mass is 10.2. The molecule has 0 aliphatic carbocycles. The highest BCUT2D eigenvalue weighted by molar-refractivity contribution is 5.57. The molecule has 0 aliphatic heterocycles. The number of nitrogens with two attached hydrogens (primary N) is 1. The monoisotopic (exact) mass is 223 g/mol. The lowest BCUT2D eigenvalue weighted by Gasteiger charge is -2.20. The van der Waals surface area contributed by atoms with E-state index in [1.54, 1.807) is 0 Å². The van der Waals surface area contributed by atoms with Crippen LogP contribution < -0.4 is 16.2 Å². The topological polar surface area (TPSA) is 67.1 Å². The molecule has 5 heteroatoms. The van der Waals surface area contributed by atoms with Crippen molar-refractivity contribution in [2.75, 3.05) is 23.9 Å². The van der Waals surface area contributed by atoms with Gasteiger partial charge < -0.3 is 10.3 Å². The van der Waals surface area contributed by atoms with Crippen molar-refractivity contribution in [3.05, 3.63) is 11.4 Å². The molecular formula is C11H21N5. The first kappa shape index (κ1) is 12.7. The van der Waals surface area contributed by atoms with E-state index in [4.69, 9.17) is 5.84 Å². The standard InChI is InChI=1S/C11H21N5/c1-5-7-9-13-10(15-12)8(3)11(14-9)16(4)6-2/h5-7,12H2,1-4H3,(H,13,14,15). The van der Waals surface area contributed by atoms with E-state index in [9.17, 15) is 0 Å². The summed E-state index contributed by atoms with van der Waals surface area (Å²) in [4.78, 5) is 11.0. The number of aryl methyl sites for hydroxylation is 1. The van der Waals surface area contributed by atoms with Gasteiger partial charge in [0.15, 0.2) is 0 Å². The van der Waals surface area contributed by atoms with Gasteiger partial charge in [0.05, 0.1) is 0 Å². The summed E-state index contributed by atoms with van der Waals surface area (Å²) < 4.78 is 0. The SMILES string of the molecule is CCCc1nc(NN)c(C)c(N(C)CC)n1. The lowest BCUT2D eigenvalue weighted by Crippen LogP contribution is -2.22. The maximum absolute atomic E-state index is 5.47. The molecule has 1 aromatic heterocycles. The highest BCUT2D eigenvalue weighted by Gasteiger charge is 2.12. The summed E-state index contributed by atoms with van der Waals surface area (Å²) in [6.45, 7) is 7.10. The molecule has 0 unspecified atom stereocenters. The van der Waals surface area contributed by atoms with Crippen molar-refractivity contribution in [2.24, 2.45) is 5.84 Å². The Kier molecular flexibility index (Phi) is 4.49. The molecule has 1 heterocycles. The van der Waals surface area contributed by atoms with Crippen molar-refractivity contribution in [1.82, 2.24) is 9.97 Å². The lowest BCUT2D eigenvalue weighted by molar-refractivity contribution is 0.814. The average molecular weight is 223 g/mol. The van der Waals surface area contributed by atoms with E-state index in [0.717, 1.165) is 36.6 Å². The minimum Gasteiger partial charge on any atom is -0.360 e. The van der Waals surface area contributed by atoms with Crippen LogP contribution in [-0.2, 0) is 6.42 Å². The van der Waals surface area contributed by atoms with Gasteiger partial charge in [-0.25, -0.2) is 15.8 Å². The van der Waals surface area contributed by atoms with Gasteiger partial charge in [0, 0.05) is 25.6 Å². The summed E-state index contributed by atoms with van der Waals surface area (Å²) in [5.74, 6) is 7.98. The predicted molar refractivity (Wildman–Crippen MR) is 67.5 cm³/mol. The van der Waals surface area contributed by atoms with E-state index in [0.29, 0.717) is 5.82 Å². The fourth-order valence-corrected chi connectivity index (χ4v) is 1.55. The first-order valence-electron chi connectivity index (χ1n) is 5.69. The van der Waals surface area contributed by atoms with E-state index in [-0.39, 0.29) is 0 Å². The van der Waals surface area contributed by atoms with Gasteiger partial charge in [-0.05, 0) is 20.3 Å². The molecular weight excluding hydrogens is 202 g/mol. The van der Waals surface area contributed by atoms with E-state index >= 15 is 0 Å². The molecule has 3 N–H and O–H groups in total. The van der Waals surface area contributed by atoms with Crippen LogP contribution in [-0.4, -0.2) is 23.6 Å². The van der Waals surface area contributed by atoms with Crippen molar-refractivity contribution < 1.29 is 0 Å². The van der Waals surface area contributed by atoms with E-state index < -0.39 is 0 Å². The van der Waals surface area contributed by atoms with Crippen molar-refractivity contribution in [2.45, 2.75) is 33.6 Å². The molecule has 1 rings (SSSR count). The number of rotatable bonds is 5. The fourth-order valence-electron chi connectivity index (χ4n) is 1.55. The zero-order valence-corrected chi connectivity index (χ0v) is 10.5. The zero-order valence-electron chi connectivity index (χ0n) is 10.5. The van der Waals surface area contributed by atoms with Crippen molar-refractivity contribution in [3.8, 4) is 0 Å². The highest BCUT2D eigenvalue weighted by atomic mass is 15.3. The van der Waals surface area contributed by atoms with E-state index in [2.05, 4.69) is 34.1 Å². The Bertz CT molecular complexity index is 350. The Hall–Kier alpha value is -1.36. The Morgan fingerprint density at radius 1 is 1.31 bits per heavy atom. The van der Waals surface area contributed by atoms with Gasteiger partial charge in [0.1, 0.15) is 17.5 Å². The Labute approximate surface area is 97.0 Å². The minimum atomic E-state index is 0.716. The van der Waals surface area contributed by atoms with Crippen LogP contribution in [0.5, 0.6) is 0 Å². The van der Waals surface area contributed by atoms with Crippen LogP contribution in [0.25, 0.3) is 0 Å². The highest BCUT2D eigenvalue weighted by Crippen LogP contribution is 2.22. The number of hydrogen-bond acceptors (Lipinski definition) is 5. The summed E-state index contributed by atoms with van der Waals surface area (Å²) in [6.07, 6.45) is 1.90.